The molecule has 5 heteroatoms. The van der Waals surface area contributed by atoms with Crippen LogP contribution in [0.25, 0.3) is 0 Å². The van der Waals surface area contributed by atoms with Crippen molar-refractivity contribution >= 4 is 0 Å². The van der Waals surface area contributed by atoms with Gasteiger partial charge >= 0.3 is 0 Å². The first kappa shape index (κ1) is 13.1. The zero-order valence-corrected chi connectivity index (χ0v) is 11.4. The first-order chi connectivity index (χ1) is 8.61. The molecule has 1 aromatic rings. The molecule has 98 valence electrons. The van der Waals surface area contributed by atoms with Gasteiger partial charge in [0.25, 0.3) is 0 Å². The van der Waals surface area contributed by atoms with Gasteiger partial charge in [-0.05, 0) is 25.6 Å². The van der Waals surface area contributed by atoms with Crippen molar-refractivity contribution < 1.29 is 0 Å². The second-order valence-electron chi connectivity index (χ2n) is 4.94. The summed E-state index contributed by atoms with van der Waals surface area (Å²) in [6.45, 7) is 7.16. The predicted molar refractivity (Wildman–Crippen MR) is 70.8 cm³/mol. The van der Waals surface area contributed by atoms with Crippen molar-refractivity contribution in [2.24, 2.45) is 7.05 Å². The molecule has 5 nitrogen and oxygen atoms in total. The SMILES string of the molecule is Cc1c(CNN2CCN(C)CC2)cc(C#N)n1C. The Kier molecular flexibility index (Phi) is 4.02. The van der Waals surface area contributed by atoms with Crippen LogP contribution in [0.1, 0.15) is 17.0 Å². The molecule has 0 radical (unpaired) electrons. The third kappa shape index (κ3) is 2.72. The Morgan fingerprint density at radius 1 is 1.28 bits per heavy atom. The Morgan fingerprint density at radius 2 is 1.94 bits per heavy atom. The third-order valence-corrected chi connectivity index (χ3v) is 3.75. The van der Waals surface area contributed by atoms with Gasteiger partial charge < -0.3 is 9.47 Å². The molecular formula is C13H21N5. The van der Waals surface area contributed by atoms with Crippen molar-refractivity contribution in [3.8, 4) is 6.07 Å². The molecule has 1 aliphatic rings. The molecule has 1 saturated heterocycles. The number of rotatable bonds is 3. The molecule has 1 aromatic heterocycles. The lowest BCUT2D eigenvalue weighted by Gasteiger charge is -2.32. The molecule has 0 saturated carbocycles. The van der Waals surface area contributed by atoms with E-state index in [2.05, 4.69) is 35.4 Å². The largest absolute Gasteiger partial charge is 0.340 e. The van der Waals surface area contributed by atoms with E-state index in [1.807, 2.05) is 17.7 Å². The highest BCUT2D eigenvalue weighted by Crippen LogP contribution is 2.13. The molecule has 18 heavy (non-hydrogen) atoms. The summed E-state index contributed by atoms with van der Waals surface area (Å²) in [5, 5.41) is 11.3. The van der Waals surface area contributed by atoms with E-state index in [1.54, 1.807) is 0 Å². The zero-order chi connectivity index (χ0) is 13.1. The molecule has 0 aromatic carbocycles. The van der Waals surface area contributed by atoms with Gasteiger partial charge in [-0.3, -0.25) is 5.43 Å². The van der Waals surface area contributed by atoms with Crippen LogP contribution in [0, 0.1) is 18.3 Å². The predicted octanol–water partition coefficient (Wildman–Crippen LogP) is 0.457. The molecule has 1 aliphatic heterocycles. The summed E-state index contributed by atoms with van der Waals surface area (Å²) in [6.07, 6.45) is 0. The number of hydrogen-bond donors (Lipinski definition) is 1. The van der Waals surface area contributed by atoms with Gasteiger partial charge in [-0.2, -0.15) is 5.26 Å². The van der Waals surface area contributed by atoms with Crippen LogP contribution >= 0.6 is 0 Å². The lowest BCUT2D eigenvalue weighted by atomic mass is 10.2. The molecule has 0 aliphatic carbocycles. The van der Waals surface area contributed by atoms with Gasteiger partial charge in [0.1, 0.15) is 11.8 Å². The summed E-state index contributed by atoms with van der Waals surface area (Å²) >= 11 is 0. The number of nitriles is 1. The van der Waals surface area contributed by atoms with E-state index < -0.39 is 0 Å². The number of aromatic nitrogens is 1. The van der Waals surface area contributed by atoms with Crippen LogP contribution in [0.2, 0.25) is 0 Å². The fraction of sp³-hybridized carbons (Fsp3) is 0.615. The van der Waals surface area contributed by atoms with Gasteiger partial charge in [0.05, 0.1) is 0 Å². The van der Waals surface area contributed by atoms with E-state index in [0.29, 0.717) is 0 Å². The van der Waals surface area contributed by atoms with Crippen molar-refractivity contribution in [2.45, 2.75) is 13.5 Å². The fourth-order valence-electron chi connectivity index (χ4n) is 2.21. The molecular weight excluding hydrogens is 226 g/mol. The molecule has 2 rings (SSSR count). The maximum absolute atomic E-state index is 9.00. The maximum Gasteiger partial charge on any atom is 0.120 e. The lowest BCUT2D eigenvalue weighted by molar-refractivity contribution is 0.102. The average molecular weight is 247 g/mol. The quantitative estimate of drug-likeness (QED) is 0.843. The number of hydrazine groups is 1. The smallest absolute Gasteiger partial charge is 0.120 e. The van der Waals surface area contributed by atoms with E-state index in [4.69, 9.17) is 5.26 Å². The summed E-state index contributed by atoms with van der Waals surface area (Å²) < 4.78 is 1.95. The van der Waals surface area contributed by atoms with Crippen molar-refractivity contribution in [3.63, 3.8) is 0 Å². The van der Waals surface area contributed by atoms with Gasteiger partial charge in [0.15, 0.2) is 0 Å². The Hall–Kier alpha value is -1.35. The second-order valence-corrected chi connectivity index (χ2v) is 4.94. The monoisotopic (exact) mass is 247 g/mol. The van der Waals surface area contributed by atoms with Gasteiger partial charge in [-0.25, -0.2) is 5.01 Å². The van der Waals surface area contributed by atoms with E-state index in [-0.39, 0.29) is 0 Å². The molecule has 1 fully saturated rings. The minimum absolute atomic E-state index is 0.725. The van der Waals surface area contributed by atoms with Gasteiger partial charge in [-0.15, -0.1) is 0 Å². The number of likely N-dealkylation sites (N-methyl/N-ethyl adjacent to an activating group) is 1. The van der Waals surface area contributed by atoms with Crippen molar-refractivity contribution in [1.82, 2.24) is 19.9 Å². The minimum Gasteiger partial charge on any atom is -0.340 e. The highest BCUT2D eigenvalue weighted by atomic mass is 15.5. The minimum atomic E-state index is 0.725. The molecule has 0 unspecified atom stereocenters. The Labute approximate surface area is 109 Å². The molecule has 0 spiro atoms. The Bertz CT molecular complexity index is 449. The van der Waals surface area contributed by atoms with E-state index >= 15 is 0 Å². The third-order valence-electron chi connectivity index (χ3n) is 3.75. The first-order valence-corrected chi connectivity index (χ1v) is 6.34. The van der Waals surface area contributed by atoms with E-state index in [0.717, 1.165) is 44.1 Å². The highest BCUT2D eigenvalue weighted by Gasteiger charge is 2.14. The summed E-state index contributed by atoms with van der Waals surface area (Å²) in [4.78, 5) is 2.33. The topological polar surface area (TPSA) is 47.2 Å². The first-order valence-electron chi connectivity index (χ1n) is 6.34. The van der Waals surface area contributed by atoms with Crippen LogP contribution in [-0.2, 0) is 13.6 Å². The van der Waals surface area contributed by atoms with Crippen LogP contribution in [-0.4, -0.2) is 47.7 Å². The van der Waals surface area contributed by atoms with Crippen LogP contribution in [0.4, 0.5) is 0 Å². The standard InChI is InChI=1S/C13H21N5/c1-11-12(8-13(9-14)17(11)3)10-15-18-6-4-16(2)5-7-18/h8,15H,4-7,10H2,1-3H3. The number of nitrogens with one attached hydrogen (secondary N) is 1. The molecule has 0 amide bonds. The Morgan fingerprint density at radius 3 is 2.50 bits per heavy atom. The molecule has 0 bridgehead atoms. The second kappa shape index (κ2) is 5.53. The number of nitrogens with zero attached hydrogens (tertiary/aromatic N) is 4. The fourth-order valence-corrected chi connectivity index (χ4v) is 2.21. The average Bonchev–Trinajstić information content (AvgIpc) is 2.65. The zero-order valence-electron chi connectivity index (χ0n) is 11.4. The normalized spacial score (nSPS) is 17.9. The van der Waals surface area contributed by atoms with Gasteiger partial charge in [0.2, 0.25) is 0 Å². The van der Waals surface area contributed by atoms with Crippen LogP contribution < -0.4 is 5.43 Å². The molecule has 2 heterocycles. The number of piperazine rings is 1. The van der Waals surface area contributed by atoms with Crippen molar-refractivity contribution in [2.75, 3.05) is 33.2 Å². The lowest BCUT2D eigenvalue weighted by Crippen LogP contribution is -2.50. The summed E-state index contributed by atoms with van der Waals surface area (Å²) in [5.74, 6) is 0. The molecule has 1 N–H and O–H groups in total. The van der Waals surface area contributed by atoms with Crippen molar-refractivity contribution in [1.29, 1.82) is 5.26 Å². The highest BCUT2D eigenvalue weighted by molar-refractivity contribution is 5.33. The van der Waals surface area contributed by atoms with Crippen LogP contribution in [0.3, 0.4) is 0 Å². The van der Waals surface area contributed by atoms with Crippen LogP contribution in [0.15, 0.2) is 6.07 Å². The number of hydrogen-bond acceptors (Lipinski definition) is 4. The van der Waals surface area contributed by atoms with E-state index in [1.165, 1.54) is 5.56 Å². The van der Waals surface area contributed by atoms with Gasteiger partial charge in [0, 0.05) is 45.5 Å². The van der Waals surface area contributed by atoms with Crippen LogP contribution in [0.5, 0.6) is 0 Å². The molecule has 0 atom stereocenters. The Balaban J connectivity index is 1.93. The maximum atomic E-state index is 9.00. The summed E-state index contributed by atoms with van der Waals surface area (Å²) in [7, 11) is 4.09. The summed E-state index contributed by atoms with van der Waals surface area (Å²) in [5.41, 5.74) is 6.53. The van der Waals surface area contributed by atoms with Gasteiger partial charge in [-0.1, -0.05) is 0 Å². The van der Waals surface area contributed by atoms with E-state index in [9.17, 15) is 0 Å². The van der Waals surface area contributed by atoms with Crippen molar-refractivity contribution in [3.05, 3.63) is 23.0 Å². The summed E-state index contributed by atoms with van der Waals surface area (Å²) in [6, 6.07) is 4.19.